The van der Waals surface area contributed by atoms with E-state index in [9.17, 15) is 0 Å². The molecular formula is C13H11N3. The van der Waals surface area contributed by atoms with E-state index in [0.29, 0.717) is 0 Å². The van der Waals surface area contributed by atoms with E-state index in [1.165, 1.54) is 6.33 Å². The molecule has 0 aliphatic carbocycles. The van der Waals surface area contributed by atoms with Crippen molar-refractivity contribution in [1.29, 1.82) is 0 Å². The van der Waals surface area contributed by atoms with Crippen LogP contribution in [0.25, 0.3) is 12.2 Å². The highest BCUT2D eigenvalue weighted by Gasteiger charge is 1.83. The van der Waals surface area contributed by atoms with Crippen LogP contribution >= 0.6 is 0 Å². The van der Waals surface area contributed by atoms with Gasteiger partial charge in [-0.25, -0.2) is 9.97 Å². The predicted molar refractivity (Wildman–Crippen MR) is 64.3 cm³/mol. The first-order chi connectivity index (χ1) is 7.95. The van der Waals surface area contributed by atoms with E-state index in [0.717, 1.165) is 11.4 Å². The number of aromatic nitrogens is 3. The van der Waals surface area contributed by atoms with Crippen molar-refractivity contribution in [2.45, 2.75) is 0 Å². The minimum atomic E-state index is 0.890. The van der Waals surface area contributed by atoms with Gasteiger partial charge in [-0.05, 0) is 30.4 Å². The molecule has 0 aromatic carbocycles. The Kier molecular flexibility index (Phi) is 3.55. The van der Waals surface area contributed by atoms with Crippen molar-refractivity contribution in [3.05, 3.63) is 66.5 Å². The van der Waals surface area contributed by atoms with Crippen LogP contribution in [0.4, 0.5) is 0 Å². The number of allylic oxidation sites excluding steroid dienone is 2. The Morgan fingerprint density at radius 2 is 1.62 bits per heavy atom. The van der Waals surface area contributed by atoms with E-state index in [-0.39, 0.29) is 0 Å². The van der Waals surface area contributed by atoms with Crippen molar-refractivity contribution in [3.8, 4) is 0 Å². The summed E-state index contributed by atoms with van der Waals surface area (Å²) < 4.78 is 0. The summed E-state index contributed by atoms with van der Waals surface area (Å²) in [5, 5.41) is 0. The Bertz CT molecular complexity index is 428. The summed E-state index contributed by atoms with van der Waals surface area (Å²) in [4.78, 5) is 12.1. The molecule has 78 valence electrons. The van der Waals surface area contributed by atoms with Crippen LogP contribution in [0.15, 0.2) is 55.1 Å². The molecule has 0 saturated heterocycles. The van der Waals surface area contributed by atoms with Crippen LogP contribution in [-0.4, -0.2) is 15.0 Å². The van der Waals surface area contributed by atoms with Gasteiger partial charge in [0, 0.05) is 12.4 Å². The van der Waals surface area contributed by atoms with Gasteiger partial charge in [0.25, 0.3) is 0 Å². The minimum Gasteiger partial charge on any atom is -0.257 e. The lowest BCUT2D eigenvalue weighted by atomic mass is 10.3. The highest BCUT2D eigenvalue weighted by molar-refractivity contribution is 5.52. The van der Waals surface area contributed by atoms with Crippen molar-refractivity contribution in [1.82, 2.24) is 15.0 Å². The first kappa shape index (κ1) is 10.2. The summed E-state index contributed by atoms with van der Waals surface area (Å²) in [6, 6.07) is 7.66. The quantitative estimate of drug-likeness (QED) is 0.729. The van der Waals surface area contributed by atoms with Gasteiger partial charge in [-0.1, -0.05) is 18.2 Å². The van der Waals surface area contributed by atoms with Crippen molar-refractivity contribution in [3.63, 3.8) is 0 Å². The Hall–Kier alpha value is -2.29. The molecule has 2 heterocycles. The highest BCUT2D eigenvalue weighted by atomic mass is 14.8. The Balaban J connectivity index is 1.98. The van der Waals surface area contributed by atoms with Crippen LogP contribution in [0.3, 0.4) is 0 Å². The third-order valence-corrected chi connectivity index (χ3v) is 1.94. The van der Waals surface area contributed by atoms with Gasteiger partial charge in [0.15, 0.2) is 0 Å². The van der Waals surface area contributed by atoms with Gasteiger partial charge in [0.05, 0.1) is 11.4 Å². The molecule has 2 aromatic heterocycles. The first-order valence-electron chi connectivity index (χ1n) is 4.97. The van der Waals surface area contributed by atoms with Gasteiger partial charge in [0.1, 0.15) is 6.33 Å². The number of rotatable bonds is 3. The standard InChI is InChI=1S/C13H11N3/c1(5-12-7-3-4-9-15-12)2-6-13-8-10-14-11-16-13/h1-11H. The lowest BCUT2D eigenvalue weighted by molar-refractivity contribution is 1.15. The zero-order valence-corrected chi connectivity index (χ0v) is 8.69. The Morgan fingerprint density at radius 1 is 0.812 bits per heavy atom. The summed E-state index contributed by atoms with van der Waals surface area (Å²) in [7, 11) is 0. The molecular weight excluding hydrogens is 198 g/mol. The summed E-state index contributed by atoms with van der Waals surface area (Å²) in [6.45, 7) is 0. The minimum absolute atomic E-state index is 0.890. The average molecular weight is 209 g/mol. The molecule has 0 fully saturated rings. The van der Waals surface area contributed by atoms with E-state index >= 15 is 0 Å². The second-order valence-corrected chi connectivity index (χ2v) is 3.11. The molecule has 16 heavy (non-hydrogen) atoms. The molecule has 0 aliphatic heterocycles. The summed E-state index contributed by atoms with van der Waals surface area (Å²) in [6.07, 6.45) is 12.7. The lowest BCUT2D eigenvalue weighted by Gasteiger charge is -1.89. The molecule has 0 N–H and O–H groups in total. The highest BCUT2D eigenvalue weighted by Crippen LogP contribution is 1.98. The molecule has 3 heteroatoms. The van der Waals surface area contributed by atoms with Crippen LogP contribution in [-0.2, 0) is 0 Å². The molecule has 0 unspecified atom stereocenters. The largest absolute Gasteiger partial charge is 0.257 e. The normalized spacial score (nSPS) is 11.2. The third kappa shape index (κ3) is 3.13. The van der Waals surface area contributed by atoms with E-state index in [4.69, 9.17) is 0 Å². The van der Waals surface area contributed by atoms with Crippen LogP contribution in [0.1, 0.15) is 11.4 Å². The lowest BCUT2D eigenvalue weighted by Crippen LogP contribution is -1.79. The maximum Gasteiger partial charge on any atom is 0.115 e. The van der Waals surface area contributed by atoms with Crippen molar-refractivity contribution in [2.75, 3.05) is 0 Å². The zero-order valence-electron chi connectivity index (χ0n) is 8.69. The Labute approximate surface area is 94.2 Å². The van der Waals surface area contributed by atoms with E-state index in [1.54, 1.807) is 12.4 Å². The van der Waals surface area contributed by atoms with Gasteiger partial charge in [0.2, 0.25) is 0 Å². The van der Waals surface area contributed by atoms with Gasteiger partial charge in [-0.3, -0.25) is 4.98 Å². The first-order valence-corrected chi connectivity index (χ1v) is 4.97. The molecule has 0 amide bonds. The number of hydrogen-bond acceptors (Lipinski definition) is 3. The smallest absolute Gasteiger partial charge is 0.115 e. The van der Waals surface area contributed by atoms with Crippen LogP contribution < -0.4 is 0 Å². The van der Waals surface area contributed by atoms with Crippen molar-refractivity contribution < 1.29 is 0 Å². The molecule has 0 aliphatic rings. The van der Waals surface area contributed by atoms with Gasteiger partial charge < -0.3 is 0 Å². The predicted octanol–water partition coefficient (Wildman–Crippen LogP) is 2.60. The van der Waals surface area contributed by atoms with Crippen LogP contribution in [0.5, 0.6) is 0 Å². The fraction of sp³-hybridized carbons (Fsp3) is 0. The van der Waals surface area contributed by atoms with E-state index in [2.05, 4.69) is 15.0 Å². The molecule has 0 spiro atoms. The molecule has 3 nitrogen and oxygen atoms in total. The molecule has 0 atom stereocenters. The number of nitrogens with zero attached hydrogens (tertiary/aromatic N) is 3. The molecule has 2 rings (SSSR count). The third-order valence-electron chi connectivity index (χ3n) is 1.94. The topological polar surface area (TPSA) is 38.7 Å². The Morgan fingerprint density at radius 3 is 2.25 bits per heavy atom. The van der Waals surface area contributed by atoms with Gasteiger partial charge >= 0.3 is 0 Å². The maximum absolute atomic E-state index is 4.18. The van der Waals surface area contributed by atoms with Crippen molar-refractivity contribution in [2.24, 2.45) is 0 Å². The fourth-order valence-corrected chi connectivity index (χ4v) is 1.18. The second-order valence-electron chi connectivity index (χ2n) is 3.11. The number of pyridine rings is 1. The summed E-state index contributed by atoms with van der Waals surface area (Å²) in [5.74, 6) is 0. The van der Waals surface area contributed by atoms with Gasteiger partial charge in [-0.2, -0.15) is 0 Å². The monoisotopic (exact) mass is 209 g/mol. The summed E-state index contributed by atoms with van der Waals surface area (Å²) >= 11 is 0. The SMILES string of the molecule is C(C=Cc1ccncn1)=Cc1ccccn1. The second kappa shape index (κ2) is 5.56. The fourth-order valence-electron chi connectivity index (χ4n) is 1.18. The molecule has 0 bridgehead atoms. The number of hydrogen-bond donors (Lipinski definition) is 0. The van der Waals surface area contributed by atoms with E-state index in [1.807, 2.05) is 48.6 Å². The van der Waals surface area contributed by atoms with Crippen LogP contribution in [0.2, 0.25) is 0 Å². The van der Waals surface area contributed by atoms with E-state index < -0.39 is 0 Å². The zero-order chi connectivity index (χ0) is 11.1. The van der Waals surface area contributed by atoms with Crippen LogP contribution in [0, 0.1) is 0 Å². The van der Waals surface area contributed by atoms with Gasteiger partial charge in [-0.15, -0.1) is 0 Å². The molecule has 2 aromatic rings. The van der Waals surface area contributed by atoms with Crippen molar-refractivity contribution >= 4 is 12.2 Å². The molecule has 0 saturated carbocycles. The summed E-state index contributed by atoms with van der Waals surface area (Å²) in [5.41, 5.74) is 1.83. The average Bonchev–Trinajstić information content (AvgIpc) is 2.37. The maximum atomic E-state index is 4.18. The molecule has 0 radical (unpaired) electrons.